The van der Waals surface area contributed by atoms with Crippen molar-refractivity contribution < 1.29 is 14.7 Å². The summed E-state index contributed by atoms with van der Waals surface area (Å²) in [4.78, 5) is 23.4. The van der Waals surface area contributed by atoms with Gasteiger partial charge in [-0.3, -0.25) is 9.59 Å². The molecule has 16 heavy (non-hydrogen) atoms. The Labute approximate surface area is 97.3 Å². The van der Waals surface area contributed by atoms with E-state index >= 15 is 0 Å². The maximum absolute atomic E-state index is 11.7. The Kier molecular flexibility index (Phi) is 2.96. The van der Waals surface area contributed by atoms with E-state index in [1.165, 1.54) is 0 Å². The van der Waals surface area contributed by atoms with E-state index < -0.39 is 11.9 Å². The molecule has 1 aromatic heterocycles. The molecule has 2 N–H and O–H groups in total. The lowest BCUT2D eigenvalue weighted by Gasteiger charge is -2.11. The zero-order valence-electron chi connectivity index (χ0n) is 8.84. The lowest BCUT2D eigenvalue weighted by Crippen LogP contribution is -2.28. The van der Waals surface area contributed by atoms with Crippen LogP contribution in [0.3, 0.4) is 0 Å². The predicted molar refractivity (Wildman–Crippen MR) is 60.1 cm³/mol. The number of hydrogen-bond donors (Lipinski definition) is 2. The number of carbonyl (C=O) groups is 2. The summed E-state index contributed by atoms with van der Waals surface area (Å²) in [6.07, 6.45) is 0.471. The van der Waals surface area contributed by atoms with E-state index in [0.717, 1.165) is 4.88 Å². The fraction of sp³-hybridized carbons (Fsp3) is 0.455. The number of hydrogen-bond acceptors (Lipinski definition) is 3. The van der Waals surface area contributed by atoms with Gasteiger partial charge in [-0.25, -0.2) is 0 Å². The minimum Gasteiger partial charge on any atom is -0.481 e. The van der Waals surface area contributed by atoms with Gasteiger partial charge in [0.1, 0.15) is 0 Å². The second kappa shape index (κ2) is 4.25. The molecule has 1 aromatic rings. The summed E-state index contributed by atoms with van der Waals surface area (Å²) in [6, 6.07) is 3.85. The number of carbonyl (C=O) groups excluding carboxylic acids is 1. The van der Waals surface area contributed by atoms with Gasteiger partial charge in [0.05, 0.1) is 17.9 Å². The molecule has 1 saturated carbocycles. The first kappa shape index (κ1) is 11.1. The van der Waals surface area contributed by atoms with Crippen LogP contribution in [0.1, 0.15) is 24.3 Å². The van der Waals surface area contributed by atoms with Crippen LogP contribution in [0.2, 0.25) is 0 Å². The van der Waals surface area contributed by atoms with Gasteiger partial charge in [0, 0.05) is 4.88 Å². The van der Waals surface area contributed by atoms with Crippen molar-refractivity contribution in [2.45, 2.75) is 19.4 Å². The molecule has 2 rings (SSSR count). The molecular formula is C11H13NO3S. The van der Waals surface area contributed by atoms with Crippen molar-refractivity contribution in [1.82, 2.24) is 5.32 Å². The molecular weight excluding hydrogens is 226 g/mol. The van der Waals surface area contributed by atoms with Gasteiger partial charge in [0.15, 0.2) is 0 Å². The van der Waals surface area contributed by atoms with E-state index in [-0.39, 0.29) is 17.9 Å². The zero-order valence-corrected chi connectivity index (χ0v) is 9.66. The Hall–Kier alpha value is -1.36. The van der Waals surface area contributed by atoms with Crippen LogP contribution in [-0.2, 0) is 9.59 Å². The molecule has 1 heterocycles. The van der Waals surface area contributed by atoms with Crippen molar-refractivity contribution in [3.63, 3.8) is 0 Å². The summed E-state index contributed by atoms with van der Waals surface area (Å²) in [7, 11) is 0. The van der Waals surface area contributed by atoms with Crippen LogP contribution >= 0.6 is 11.3 Å². The second-order valence-corrected chi connectivity index (χ2v) is 5.01. The average Bonchev–Trinajstić information content (AvgIpc) is 2.85. The monoisotopic (exact) mass is 239 g/mol. The maximum atomic E-state index is 11.7. The van der Waals surface area contributed by atoms with Gasteiger partial charge < -0.3 is 10.4 Å². The summed E-state index contributed by atoms with van der Waals surface area (Å²) >= 11 is 1.58. The van der Waals surface area contributed by atoms with Gasteiger partial charge in [-0.15, -0.1) is 11.3 Å². The Morgan fingerprint density at radius 2 is 2.31 bits per heavy atom. The summed E-state index contributed by atoms with van der Waals surface area (Å²) < 4.78 is 0. The molecule has 1 fully saturated rings. The summed E-state index contributed by atoms with van der Waals surface area (Å²) in [6.45, 7) is 1.90. The highest BCUT2D eigenvalue weighted by Crippen LogP contribution is 2.39. The van der Waals surface area contributed by atoms with Crippen LogP contribution in [0.5, 0.6) is 0 Å². The van der Waals surface area contributed by atoms with Crippen molar-refractivity contribution in [3.05, 3.63) is 22.4 Å². The van der Waals surface area contributed by atoms with Crippen molar-refractivity contribution in [1.29, 1.82) is 0 Å². The molecule has 86 valence electrons. The molecule has 0 bridgehead atoms. The molecule has 3 atom stereocenters. The van der Waals surface area contributed by atoms with E-state index in [1.807, 2.05) is 24.4 Å². The minimum absolute atomic E-state index is 0.0393. The van der Waals surface area contributed by atoms with E-state index in [2.05, 4.69) is 5.32 Å². The molecule has 0 spiro atoms. The number of nitrogens with one attached hydrogen (secondary N) is 1. The molecule has 2 unspecified atom stereocenters. The first-order valence-electron chi connectivity index (χ1n) is 5.16. The molecule has 0 saturated heterocycles. The van der Waals surface area contributed by atoms with Crippen molar-refractivity contribution >= 4 is 23.2 Å². The Bertz CT molecular complexity index is 401. The Morgan fingerprint density at radius 3 is 2.81 bits per heavy atom. The van der Waals surface area contributed by atoms with Crippen LogP contribution < -0.4 is 5.32 Å². The molecule has 0 aromatic carbocycles. The van der Waals surface area contributed by atoms with Gasteiger partial charge in [0.2, 0.25) is 5.91 Å². The fourth-order valence-electron chi connectivity index (χ4n) is 1.69. The number of thiophene rings is 1. The molecule has 4 nitrogen and oxygen atoms in total. The van der Waals surface area contributed by atoms with Gasteiger partial charge in [-0.1, -0.05) is 6.07 Å². The number of carboxylic acid groups (broad SMARTS) is 1. The van der Waals surface area contributed by atoms with Gasteiger partial charge in [-0.2, -0.15) is 0 Å². The fourth-order valence-corrected chi connectivity index (χ4v) is 2.42. The van der Waals surface area contributed by atoms with Crippen molar-refractivity contribution in [2.75, 3.05) is 0 Å². The summed E-state index contributed by atoms with van der Waals surface area (Å²) in [5.74, 6) is -1.83. The van der Waals surface area contributed by atoms with Crippen LogP contribution in [0.4, 0.5) is 0 Å². The third-order valence-electron chi connectivity index (χ3n) is 2.77. The van der Waals surface area contributed by atoms with E-state index in [4.69, 9.17) is 5.11 Å². The summed E-state index contributed by atoms with van der Waals surface area (Å²) in [5, 5.41) is 13.5. The van der Waals surface area contributed by atoms with Gasteiger partial charge in [0.25, 0.3) is 0 Å². The number of aliphatic carboxylic acids is 1. The highest BCUT2D eigenvalue weighted by atomic mass is 32.1. The summed E-state index contributed by atoms with van der Waals surface area (Å²) in [5.41, 5.74) is 0. The van der Waals surface area contributed by atoms with Crippen LogP contribution in [-0.4, -0.2) is 17.0 Å². The van der Waals surface area contributed by atoms with Crippen molar-refractivity contribution in [2.24, 2.45) is 11.8 Å². The molecule has 1 amide bonds. The van der Waals surface area contributed by atoms with E-state index in [1.54, 1.807) is 11.3 Å². The Balaban J connectivity index is 1.87. The largest absolute Gasteiger partial charge is 0.481 e. The maximum Gasteiger partial charge on any atom is 0.307 e. The third-order valence-corrected chi connectivity index (χ3v) is 3.83. The lowest BCUT2D eigenvalue weighted by atomic mass is 10.2. The average molecular weight is 239 g/mol. The highest BCUT2D eigenvalue weighted by molar-refractivity contribution is 7.10. The lowest BCUT2D eigenvalue weighted by molar-refractivity contribution is -0.140. The van der Waals surface area contributed by atoms with E-state index in [9.17, 15) is 9.59 Å². The van der Waals surface area contributed by atoms with Crippen LogP contribution in [0.15, 0.2) is 17.5 Å². The molecule has 0 aliphatic heterocycles. The van der Waals surface area contributed by atoms with Gasteiger partial charge >= 0.3 is 5.97 Å². The molecule has 5 heteroatoms. The first-order valence-corrected chi connectivity index (χ1v) is 6.04. The molecule has 1 aliphatic carbocycles. The van der Waals surface area contributed by atoms with Crippen LogP contribution in [0.25, 0.3) is 0 Å². The Morgan fingerprint density at radius 1 is 1.56 bits per heavy atom. The zero-order chi connectivity index (χ0) is 11.7. The van der Waals surface area contributed by atoms with Gasteiger partial charge in [-0.05, 0) is 24.8 Å². The number of amides is 1. The topological polar surface area (TPSA) is 66.4 Å². The predicted octanol–water partition coefficient (Wildman–Crippen LogP) is 1.65. The third kappa shape index (κ3) is 2.24. The smallest absolute Gasteiger partial charge is 0.307 e. The second-order valence-electron chi connectivity index (χ2n) is 4.03. The SMILES string of the molecule is C[C@@H](NC(=O)C1CC1C(=O)O)c1cccs1. The number of rotatable bonds is 4. The van der Waals surface area contributed by atoms with Crippen molar-refractivity contribution in [3.8, 4) is 0 Å². The molecule has 0 radical (unpaired) electrons. The minimum atomic E-state index is -0.871. The van der Waals surface area contributed by atoms with E-state index in [0.29, 0.717) is 6.42 Å². The number of carboxylic acids is 1. The highest BCUT2D eigenvalue weighted by Gasteiger charge is 2.48. The molecule has 1 aliphatic rings. The first-order chi connectivity index (χ1) is 7.59. The standard InChI is InChI=1S/C11H13NO3S/c1-6(9-3-2-4-16-9)12-10(13)7-5-8(7)11(14)15/h2-4,6-8H,5H2,1H3,(H,12,13)(H,14,15)/t6-,7?,8?/m1/s1. The quantitative estimate of drug-likeness (QED) is 0.839. The van der Waals surface area contributed by atoms with Crippen LogP contribution in [0, 0.1) is 11.8 Å². The normalized spacial score (nSPS) is 24.8.